The van der Waals surface area contributed by atoms with Crippen LogP contribution in [0.1, 0.15) is 49.7 Å². The Balaban J connectivity index is 1.67. The Labute approximate surface area is 149 Å². The van der Waals surface area contributed by atoms with Gasteiger partial charge in [0.1, 0.15) is 5.92 Å². The normalized spacial score (nSPS) is 21.5. The van der Waals surface area contributed by atoms with E-state index in [0.29, 0.717) is 17.5 Å². The van der Waals surface area contributed by atoms with Crippen LogP contribution in [-0.2, 0) is 11.2 Å². The number of benzene rings is 1. The molecule has 132 valence electrons. The monoisotopic (exact) mass is 350 g/mol. The quantitative estimate of drug-likeness (QED) is 0.814. The molecule has 0 radical (unpaired) electrons. The van der Waals surface area contributed by atoms with E-state index in [-0.39, 0.29) is 0 Å². The Bertz CT molecular complexity index is 597. The number of rotatable bonds is 6. The number of hydrogen-bond donors (Lipinski definition) is 2. The van der Waals surface area contributed by atoms with Crippen molar-refractivity contribution in [2.75, 3.05) is 31.5 Å². The lowest BCUT2D eigenvalue weighted by molar-refractivity contribution is -0.138. The maximum atomic E-state index is 11.4. The van der Waals surface area contributed by atoms with Crippen LogP contribution < -0.4 is 5.32 Å². The molecule has 0 spiro atoms. The number of carboxylic acids is 1. The molecule has 2 heterocycles. The Morgan fingerprint density at radius 1 is 1.38 bits per heavy atom. The zero-order valence-electron chi connectivity index (χ0n) is 14.4. The van der Waals surface area contributed by atoms with Crippen LogP contribution in [0.3, 0.4) is 0 Å². The van der Waals surface area contributed by atoms with Crippen molar-refractivity contribution in [3.8, 4) is 0 Å². The molecule has 0 amide bonds. The zero-order valence-corrected chi connectivity index (χ0v) is 15.1. The van der Waals surface area contributed by atoms with E-state index in [1.54, 1.807) is 0 Å². The standard InChI is InChI=1S/C19H27ClN2O2/c1-2-3-6-22-7-4-13(5-8-22)9-14-10-15(20)11-16-17(19(23)24)12-21-18(14)16/h10-11,13,17,21H,2-9,12H2,1H3,(H,23,24). The second-order valence-electron chi connectivity index (χ2n) is 7.14. The minimum Gasteiger partial charge on any atom is -0.481 e. The van der Waals surface area contributed by atoms with E-state index in [9.17, 15) is 9.90 Å². The van der Waals surface area contributed by atoms with Gasteiger partial charge in [0, 0.05) is 17.3 Å². The number of likely N-dealkylation sites (tertiary alicyclic amines) is 1. The van der Waals surface area contributed by atoms with E-state index in [4.69, 9.17) is 11.6 Å². The predicted octanol–water partition coefficient (Wildman–Crippen LogP) is 3.99. The number of fused-ring (bicyclic) bond motifs is 1. The van der Waals surface area contributed by atoms with Gasteiger partial charge in [-0.05, 0) is 74.5 Å². The number of aliphatic carboxylic acids is 1. The van der Waals surface area contributed by atoms with Gasteiger partial charge in [-0.1, -0.05) is 24.9 Å². The van der Waals surface area contributed by atoms with Crippen molar-refractivity contribution < 1.29 is 9.90 Å². The van der Waals surface area contributed by atoms with Gasteiger partial charge < -0.3 is 15.3 Å². The van der Waals surface area contributed by atoms with Gasteiger partial charge in [-0.2, -0.15) is 0 Å². The average Bonchev–Trinajstić information content (AvgIpc) is 2.98. The van der Waals surface area contributed by atoms with Crippen LogP contribution >= 0.6 is 11.6 Å². The van der Waals surface area contributed by atoms with E-state index >= 15 is 0 Å². The summed E-state index contributed by atoms with van der Waals surface area (Å²) in [4.78, 5) is 14.0. The van der Waals surface area contributed by atoms with Crippen molar-refractivity contribution in [2.24, 2.45) is 5.92 Å². The van der Waals surface area contributed by atoms with Gasteiger partial charge in [-0.25, -0.2) is 0 Å². The number of anilines is 1. The smallest absolute Gasteiger partial charge is 0.312 e. The topological polar surface area (TPSA) is 52.6 Å². The number of carboxylic acid groups (broad SMARTS) is 1. The Kier molecular flexibility index (Phi) is 5.67. The summed E-state index contributed by atoms with van der Waals surface area (Å²) in [6, 6.07) is 3.83. The summed E-state index contributed by atoms with van der Waals surface area (Å²) in [7, 11) is 0. The molecule has 1 unspecified atom stereocenters. The van der Waals surface area contributed by atoms with E-state index in [0.717, 1.165) is 17.7 Å². The first-order valence-corrected chi connectivity index (χ1v) is 9.47. The average molecular weight is 351 g/mol. The maximum Gasteiger partial charge on any atom is 0.312 e. The minimum absolute atomic E-state index is 0.466. The minimum atomic E-state index is -0.779. The Hall–Kier alpha value is -1.26. The summed E-state index contributed by atoms with van der Waals surface area (Å²) in [6.45, 7) is 6.28. The summed E-state index contributed by atoms with van der Waals surface area (Å²) < 4.78 is 0. The SMILES string of the molecule is CCCCN1CCC(Cc2cc(Cl)cc3c2NCC3C(=O)O)CC1. The largest absolute Gasteiger partial charge is 0.481 e. The van der Waals surface area contributed by atoms with E-state index in [1.807, 2.05) is 12.1 Å². The zero-order chi connectivity index (χ0) is 17.1. The highest BCUT2D eigenvalue weighted by Crippen LogP contribution is 2.38. The molecule has 5 heteroatoms. The van der Waals surface area contributed by atoms with Crippen LogP contribution in [-0.4, -0.2) is 42.2 Å². The van der Waals surface area contributed by atoms with Crippen LogP contribution in [0.15, 0.2) is 12.1 Å². The third-order valence-corrected chi connectivity index (χ3v) is 5.63. The third kappa shape index (κ3) is 3.86. The first kappa shape index (κ1) is 17.6. The molecule has 0 saturated carbocycles. The van der Waals surface area contributed by atoms with Crippen LogP contribution in [0.5, 0.6) is 0 Å². The summed E-state index contributed by atoms with van der Waals surface area (Å²) in [5.74, 6) is -0.594. The highest BCUT2D eigenvalue weighted by molar-refractivity contribution is 6.31. The Morgan fingerprint density at radius 2 is 2.12 bits per heavy atom. The highest BCUT2D eigenvalue weighted by Gasteiger charge is 2.31. The number of hydrogen-bond acceptors (Lipinski definition) is 3. The van der Waals surface area contributed by atoms with Crippen LogP contribution in [0.2, 0.25) is 5.02 Å². The third-order valence-electron chi connectivity index (χ3n) is 5.42. The van der Waals surface area contributed by atoms with E-state index in [2.05, 4.69) is 17.1 Å². The summed E-state index contributed by atoms with van der Waals surface area (Å²) in [6.07, 6.45) is 5.96. The van der Waals surface area contributed by atoms with Gasteiger partial charge in [-0.15, -0.1) is 0 Å². The molecule has 1 saturated heterocycles. The van der Waals surface area contributed by atoms with Crippen LogP contribution in [0.4, 0.5) is 5.69 Å². The molecule has 1 atom stereocenters. The lowest BCUT2D eigenvalue weighted by Crippen LogP contribution is -2.35. The number of nitrogens with one attached hydrogen (secondary N) is 1. The van der Waals surface area contributed by atoms with Crippen molar-refractivity contribution in [1.29, 1.82) is 0 Å². The van der Waals surface area contributed by atoms with Crippen molar-refractivity contribution in [1.82, 2.24) is 4.90 Å². The van der Waals surface area contributed by atoms with Gasteiger partial charge >= 0.3 is 5.97 Å². The van der Waals surface area contributed by atoms with Crippen LogP contribution in [0, 0.1) is 5.92 Å². The Morgan fingerprint density at radius 3 is 2.79 bits per heavy atom. The van der Waals surface area contributed by atoms with Crippen molar-refractivity contribution in [3.05, 3.63) is 28.3 Å². The van der Waals surface area contributed by atoms with Crippen LogP contribution in [0.25, 0.3) is 0 Å². The lowest BCUT2D eigenvalue weighted by Gasteiger charge is -2.32. The molecule has 1 aromatic rings. The van der Waals surface area contributed by atoms with Gasteiger partial charge in [-0.3, -0.25) is 4.79 Å². The molecule has 3 rings (SSSR count). The second kappa shape index (κ2) is 7.75. The molecule has 2 aliphatic heterocycles. The van der Waals surface area contributed by atoms with Gasteiger partial charge in [0.05, 0.1) is 0 Å². The van der Waals surface area contributed by atoms with Gasteiger partial charge in [0.15, 0.2) is 0 Å². The lowest BCUT2D eigenvalue weighted by atomic mass is 9.88. The maximum absolute atomic E-state index is 11.4. The van der Waals surface area contributed by atoms with Crippen molar-refractivity contribution in [2.45, 2.75) is 44.9 Å². The molecular formula is C19H27ClN2O2. The second-order valence-corrected chi connectivity index (χ2v) is 7.58. The summed E-state index contributed by atoms with van der Waals surface area (Å²) in [5, 5.41) is 13.3. The molecule has 24 heavy (non-hydrogen) atoms. The van der Waals surface area contributed by atoms with E-state index < -0.39 is 11.9 Å². The number of piperidine rings is 1. The fraction of sp³-hybridized carbons (Fsp3) is 0.632. The summed E-state index contributed by atoms with van der Waals surface area (Å²) in [5.41, 5.74) is 3.05. The van der Waals surface area contributed by atoms with Gasteiger partial charge in [0.2, 0.25) is 0 Å². The molecule has 2 aliphatic rings. The molecule has 1 fully saturated rings. The number of nitrogens with zero attached hydrogens (tertiary/aromatic N) is 1. The fourth-order valence-electron chi connectivity index (χ4n) is 3.98. The number of carbonyl (C=O) groups is 1. The molecule has 1 aromatic carbocycles. The molecular weight excluding hydrogens is 324 g/mol. The molecule has 0 bridgehead atoms. The molecule has 2 N–H and O–H groups in total. The first-order valence-electron chi connectivity index (χ1n) is 9.09. The van der Waals surface area contributed by atoms with Crippen molar-refractivity contribution >= 4 is 23.3 Å². The fourth-order valence-corrected chi connectivity index (χ4v) is 4.23. The summed E-state index contributed by atoms with van der Waals surface area (Å²) >= 11 is 6.27. The highest BCUT2D eigenvalue weighted by atomic mass is 35.5. The predicted molar refractivity (Wildman–Crippen MR) is 98.1 cm³/mol. The van der Waals surface area contributed by atoms with Crippen molar-refractivity contribution in [3.63, 3.8) is 0 Å². The van der Waals surface area contributed by atoms with Gasteiger partial charge in [0.25, 0.3) is 0 Å². The molecule has 0 aliphatic carbocycles. The first-order chi connectivity index (χ1) is 11.6. The molecule has 0 aromatic heterocycles. The number of unbranched alkanes of at least 4 members (excludes halogenated alkanes) is 1. The van der Waals surface area contributed by atoms with E-state index in [1.165, 1.54) is 50.9 Å². The number of halogens is 1. The molecule has 4 nitrogen and oxygen atoms in total.